The molecule has 0 saturated carbocycles. The molecule has 0 radical (unpaired) electrons. The number of halogens is 1. The molecule has 110 valence electrons. The van der Waals surface area contributed by atoms with Crippen molar-refractivity contribution in [2.24, 2.45) is 5.41 Å². The average molecular weight is 340 g/mol. The van der Waals surface area contributed by atoms with Gasteiger partial charge < -0.3 is 9.80 Å². The lowest BCUT2D eigenvalue weighted by Gasteiger charge is -2.28. The van der Waals surface area contributed by atoms with Gasteiger partial charge in [-0.2, -0.15) is 0 Å². The van der Waals surface area contributed by atoms with Gasteiger partial charge in [0.1, 0.15) is 5.82 Å². The van der Waals surface area contributed by atoms with Crippen molar-refractivity contribution in [1.82, 2.24) is 9.88 Å². The average Bonchev–Trinajstić information content (AvgIpc) is 2.63. The predicted molar refractivity (Wildman–Crippen MR) is 84.8 cm³/mol. The molecule has 0 aromatic carbocycles. The first-order valence-electron chi connectivity index (χ1n) is 7.04. The van der Waals surface area contributed by atoms with Crippen molar-refractivity contribution < 1.29 is 4.79 Å². The number of nitrogens with zero attached hydrogens (tertiary/aromatic N) is 3. The molecule has 0 unspecified atom stereocenters. The number of pyridine rings is 1. The van der Waals surface area contributed by atoms with Gasteiger partial charge in [0.15, 0.2) is 0 Å². The first-order valence-corrected chi connectivity index (χ1v) is 7.84. The molecule has 1 saturated heterocycles. The maximum Gasteiger partial charge on any atom is 0.228 e. The lowest BCUT2D eigenvalue weighted by molar-refractivity contribution is -0.139. The minimum absolute atomic E-state index is 0.236. The van der Waals surface area contributed by atoms with Crippen LogP contribution >= 0.6 is 15.9 Å². The van der Waals surface area contributed by atoms with Crippen LogP contribution in [0.5, 0.6) is 0 Å². The van der Waals surface area contributed by atoms with E-state index in [1.807, 2.05) is 44.0 Å². The molecule has 2 heterocycles. The van der Waals surface area contributed by atoms with Gasteiger partial charge in [-0.3, -0.25) is 4.79 Å². The summed E-state index contributed by atoms with van der Waals surface area (Å²) in [5, 5.41) is 0. The lowest BCUT2D eigenvalue weighted by Crippen LogP contribution is -2.41. The summed E-state index contributed by atoms with van der Waals surface area (Å²) in [6.45, 7) is 9.30. The van der Waals surface area contributed by atoms with Gasteiger partial charge in [-0.1, -0.05) is 20.8 Å². The zero-order chi connectivity index (χ0) is 14.8. The van der Waals surface area contributed by atoms with Crippen LogP contribution in [0.3, 0.4) is 0 Å². The summed E-state index contributed by atoms with van der Waals surface area (Å²) < 4.78 is 1.01. The van der Waals surface area contributed by atoms with E-state index in [0.29, 0.717) is 0 Å². The Morgan fingerprint density at radius 2 is 2.00 bits per heavy atom. The highest BCUT2D eigenvalue weighted by molar-refractivity contribution is 9.10. The van der Waals surface area contributed by atoms with Gasteiger partial charge in [0.05, 0.1) is 4.47 Å². The lowest BCUT2D eigenvalue weighted by atomic mass is 9.94. The second-order valence-corrected chi connectivity index (χ2v) is 7.05. The third-order valence-electron chi connectivity index (χ3n) is 3.46. The van der Waals surface area contributed by atoms with Gasteiger partial charge >= 0.3 is 0 Å². The smallest absolute Gasteiger partial charge is 0.228 e. The molecule has 1 aromatic heterocycles. The number of carbonyl (C=O) groups is 1. The molecular weight excluding hydrogens is 318 g/mol. The Kier molecular flexibility index (Phi) is 4.68. The molecule has 0 atom stereocenters. The maximum absolute atomic E-state index is 12.4. The predicted octanol–water partition coefficient (Wildman–Crippen LogP) is 2.93. The van der Waals surface area contributed by atoms with Crippen molar-refractivity contribution in [3.05, 3.63) is 22.8 Å². The number of hydrogen-bond acceptors (Lipinski definition) is 3. The summed E-state index contributed by atoms with van der Waals surface area (Å²) in [5.41, 5.74) is -0.305. The van der Waals surface area contributed by atoms with E-state index in [0.717, 1.165) is 42.9 Å². The number of amides is 1. The van der Waals surface area contributed by atoms with Gasteiger partial charge in [-0.15, -0.1) is 0 Å². The number of carbonyl (C=O) groups excluding carboxylic acids is 1. The summed E-state index contributed by atoms with van der Waals surface area (Å²) >= 11 is 3.55. The van der Waals surface area contributed by atoms with E-state index in [1.165, 1.54) is 0 Å². The van der Waals surface area contributed by atoms with Crippen molar-refractivity contribution in [2.75, 3.05) is 31.1 Å². The molecule has 4 nitrogen and oxygen atoms in total. The monoisotopic (exact) mass is 339 g/mol. The van der Waals surface area contributed by atoms with Crippen LogP contribution in [0, 0.1) is 5.41 Å². The Labute approximate surface area is 129 Å². The molecule has 1 aliphatic heterocycles. The summed E-state index contributed by atoms with van der Waals surface area (Å²) in [6, 6.07) is 3.92. The Morgan fingerprint density at radius 3 is 2.65 bits per heavy atom. The van der Waals surface area contributed by atoms with Crippen LogP contribution in [0.4, 0.5) is 5.82 Å². The van der Waals surface area contributed by atoms with Gasteiger partial charge in [0, 0.05) is 37.8 Å². The third-order valence-corrected chi connectivity index (χ3v) is 4.08. The fourth-order valence-electron chi connectivity index (χ4n) is 2.42. The summed E-state index contributed by atoms with van der Waals surface area (Å²) in [4.78, 5) is 21.0. The number of anilines is 1. The first kappa shape index (κ1) is 15.3. The van der Waals surface area contributed by atoms with Crippen LogP contribution < -0.4 is 4.90 Å². The Morgan fingerprint density at radius 1 is 1.25 bits per heavy atom. The molecule has 5 heteroatoms. The van der Waals surface area contributed by atoms with Crippen LogP contribution in [-0.4, -0.2) is 42.0 Å². The van der Waals surface area contributed by atoms with Crippen molar-refractivity contribution in [3.8, 4) is 0 Å². The molecule has 0 N–H and O–H groups in total. The van der Waals surface area contributed by atoms with Crippen molar-refractivity contribution in [3.63, 3.8) is 0 Å². The molecule has 0 bridgehead atoms. The highest BCUT2D eigenvalue weighted by Gasteiger charge is 2.28. The van der Waals surface area contributed by atoms with Gasteiger partial charge in [0.2, 0.25) is 5.91 Å². The van der Waals surface area contributed by atoms with Crippen molar-refractivity contribution in [1.29, 1.82) is 0 Å². The molecule has 1 aromatic rings. The van der Waals surface area contributed by atoms with E-state index >= 15 is 0 Å². The van der Waals surface area contributed by atoms with Crippen LogP contribution in [0.1, 0.15) is 27.2 Å². The van der Waals surface area contributed by atoms with Gasteiger partial charge in [-0.05, 0) is 34.5 Å². The van der Waals surface area contributed by atoms with E-state index in [-0.39, 0.29) is 11.3 Å². The van der Waals surface area contributed by atoms with Crippen LogP contribution in [0.15, 0.2) is 22.8 Å². The molecule has 0 aliphatic carbocycles. The summed E-state index contributed by atoms with van der Waals surface area (Å²) in [7, 11) is 0. The Bertz CT molecular complexity index is 484. The molecule has 1 amide bonds. The van der Waals surface area contributed by atoms with Crippen LogP contribution in [0.25, 0.3) is 0 Å². The largest absolute Gasteiger partial charge is 0.354 e. The minimum atomic E-state index is -0.305. The molecule has 0 spiro atoms. The molecule has 20 heavy (non-hydrogen) atoms. The third kappa shape index (κ3) is 3.51. The highest BCUT2D eigenvalue weighted by atomic mass is 79.9. The fourth-order valence-corrected chi connectivity index (χ4v) is 2.92. The van der Waals surface area contributed by atoms with E-state index in [4.69, 9.17) is 0 Å². The minimum Gasteiger partial charge on any atom is -0.354 e. The van der Waals surface area contributed by atoms with E-state index in [1.54, 1.807) is 0 Å². The van der Waals surface area contributed by atoms with E-state index in [9.17, 15) is 4.79 Å². The second kappa shape index (κ2) is 6.12. The SMILES string of the molecule is CC(C)(C)C(=O)N1CCCN(c2ncccc2Br)CC1. The number of aromatic nitrogens is 1. The zero-order valence-electron chi connectivity index (χ0n) is 12.4. The molecular formula is C15H22BrN3O. The van der Waals surface area contributed by atoms with Crippen molar-refractivity contribution in [2.45, 2.75) is 27.2 Å². The first-order chi connectivity index (χ1) is 9.39. The van der Waals surface area contributed by atoms with Gasteiger partial charge in [0.25, 0.3) is 0 Å². The Hall–Kier alpha value is -1.10. The molecule has 1 aliphatic rings. The maximum atomic E-state index is 12.4. The number of hydrogen-bond donors (Lipinski definition) is 0. The summed E-state index contributed by atoms with van der Waals surface area (Å²) in [6.07, 6.45) is 2.79. The molecule has 1 fully saturated rings. The van der Waals surface area contributed by atoms with E-state index in [2.05, 4.69) is 25.8 Å². The standard InChI is InChI=1S/C15H22BrN3O/c1-15(2,3)14(20)19-9-5-8-18(10-11-19)13-12(16)6-4-7-17-13/h4,6-7H,5,8-11H2,1-3H3. The normalized spacial score (nSPS) is 17.0. The van der Waals surface area contributed by atoms with Crippen molar-refractivity contribution >= 4 is 27.7 Å². The second-order valence-electron chi connectivity index (χ2n) is 6.19. The fraction of sp³-hybridized carbons (Fsp3) is 0.600. The summed E-state index contributed by atoms with van der Waals surface area (Å²) in [5.74, 6) is 1.21. The number of rotatable bonds is 1. The molecule has 2 rings (SSSR count). The van der Waals surface area contributed by atoms with E-state index < -0.39 is 0 Å². The zero-order valence-corrected chi connectivity index (χ0v) is 14.0. The van der Waals surface area contributed by atoms with Crippen LogP contribution in [-0.2, 0) is 4.79 Å². The van der Waals surface area contributed by atoms with Crippen LogP contribution in [0.2, 0.25) is 0 Å². The highest BCUT2D eigenvalue weighted by Crippen LogP contribution is 2.25. The Balaban J connectivity index is 2.07. The quantitative estimate of drug-likeness (QED) is 0.789. The topological polar surface area (TPSA) is 36.4 Å². The van der Waals surface area contributed by atoms with Gasteiger partial charge in [-0.25, -0.2) is 4.98 Å².